The molecule has 3 bridgehead atoms. The predicted octanol–water partition coefficient (Wildman–Crippen LogP) is 7.69. The molecule has 4 aliphatic rings. The molecule has 374 valence electrons. The number of anilines is 1. The number of benzene rings is 3. The number of hydrogen-bond donors (Lipinski definition) is 6. The van der Waals surface area contributed by atoms with Gasteiger partial charge in [0.25, 0.3) is 5.91 Å². The Kier molecular flexibility index (Phi) is 13.0. The van der Waals surface area contributed by atoms with Crippen LogP contribution in [-0.2, 0) is 20.6 Å². The van der Waals surface area contributed by atoms with Gasteiger partial charge in [0.05, 0.1) is 66.0 Å². The van der Waals surface area contributed by atoms with Crippen LogP contribution in [0.15, 0.2) is 79.0 Å². The zero-order valence-electron chi connectivity index (χ0n) is 40.5. The van der Waals surface area contributed by atoms with E-state index in [0.717, 1.165) is 58.3 Å². The highest BCUT2D eigenvalue weighted by Crippen LogP contribution is 2.95. The molecular formula is C53H62N6O10PS+. The van der Waals surface area contributed by atoms with Crippen LogP contribution in [-0.4, -0.2) is 145 Å². The maximum Gasteiger partial charge on any atom is 0.355 e. The number of aliphatic hydroxyl groups is 3. The van der Waals surface area contributed by atoms with E-state index in [2.05, 4.69) is 33.7 Å². The Bertz CT molecular complexity index is 3030. The second-order valence-corrected chi connectivity index (χ2v) is 25.8. The van der Waals surface area contributed by atoms with Crippen LogP contribution in [0.1, 0.15) is 72.5 Å². The van der Waals surface area contributed by atoms with Crippen LogP contribution in [0.5, 0.6) is 0 Å². The number of nitrogens with one attached hydrogen (secondary N) is 1. The molecule has 0 radical (unpaired) electrons. The molecule has 1 amide bonds. The van der Waals surface area contributed by atoms with E-state index < -0.39 is 44.3 Å². The summed E-state index contributed by atoms with van der Waals surface area (Å²) in [5.74, 6) is -2.75. The summed E-state index contributed by atoms with van der Waals surface area (Å²) in [5, 5.41) is 59.2. The molecule has 3 aromatic heterocycles. The molecule has 5 heterocycles. The molecule has 8 unspecified atom stereocenters. The first-order valence-electron chi connectivity index (χ1n) is 24.4. The molecule has 18 heteroatoms. The largest absolute Gasteiger partial charge is 0.479 e. The summed E-state index contributed by atoms with van der Waals surface area (Å²) in [6.07, 6.45) is 4.60. The SMILES string of the molecule is Cc1c(-c2ccc(-c3ccc4cccc(C(=O)Nc5nc6ccccc6s5)c4c3)nc2C(=O)O)cnn1CC12CC3(C)CC4(C)CC31C[P+](OCCN(C)CCCOC(C(=O)O)C(O)CC(O)CO)(C4)C2. The van der Waals surface area contributed by atoms with Crippen molar-refractivity contribution in [3.63, 3.8) is 0 Å². The number of carboxylic acid groups (broad SMARTS) is 2. The van der Waals surface area contributed by atoms with Crippen molar-refractivity contribution in [2.24, 2.45) is 21.7 Å². The Labute approximate surface area is 416 Å². The van der Waals surface area contributed by atoms with Gasteiger partial charge in [-0.15, -0.1) is 0 Å². The number of carbonyl (C=O) groups is 3. The number of pyridine rings is 1. The third kappa shape index (κ3) is 8.85. The lowest BCUT2D eigenvalue weighted by molar-refractivity contribution is -0.163. The van der Waals surface area contributed by atoms with Gasteiger partial charge in [0, 0.05) is 70.3 Å². The van der Waals surface area contributed by atoms with Gasteiger partial charge >= 0.3 is 11.9 Å². The fourth-order valence-electron chi connectivity index (χ4n) is 13.8. The topological polar surface area (TPSA) is 230 Å². The number of likely N-dealkylation sites (N-methyl/N-ethyl adjacent to an activating group) is 1. The number of hydrogen-bond acceptors (Lipinski definition) is 13. The normalized spacial score (nSPS) is 26.4. The van der Waals surface area contributed by atoms with Crippen LogP contribution in [0.2, 0.25) is 0 Å². The molecule has 8 atom stereocenters. The van der Waals surface area contributed by atoms with Crippen molar-refractivity contribution in [2.75, 3.05) is 63.8 Å². The number of nitrogens with zero attached hydrogens (tertiary/aromatic N) is 5. The second-order valence-electron chi connectivity index (χ2n) is 21.4. The van der Waals surface area contributed by atoms with Gasteiger partial charge in [-0.05, 0) is 92.2 Å². The van der Waals surface area contributed by atoms with Gasteiger partial charge in [0.15, 0.2) is 16.9 Å². The highest BCUT2D eigenvalue weighted by atomic mass is 32.1. The standard InChI is InChI=1S/C53H61N6O10PS/c1-32-39(36-15-16-40(55-44(36)47(64)65)34-14-13-33-9-7-10-37(38(33)21-34)46(63)57-49-56-41-11-5-6-12-43(41)71-49)23-54-59(32)28-52-27-51(3)25-50(2)26-53(51,52)31-70(29-50,30-52)69-20-18-58(4)17-8-19-68-45(48(66)67)42(62)22-35(61)24-60/h5-7,9-16,21,23,35,42,45,60-62H,8,17-20,22,24-31H2,1-4H3,(H2-,56,57,63,64,65,66,67)/p+1. The first-order valence-corrected chi connectivity index (χ1v) is 27.4. The van der Waals surface area contributed by atoms with Crippen molar-refractivity contribution < 1.29 is 49.2 Å². The number of para-hydroxylation sites is 1. The van der Waals surface area contributed by atoms with Gasteiger partial charge in [-0.3, -0.25) is 14.8 Å². The van der Waals surface area contributed by atoms with E-state index in [1.807, 2.05) is 80.7 Å². The molecule has 2 saturated heterocycles. The molecule has 10 rings (SSSR count). The van der Waals surface area contributed by atoms with E-state index in [0.29, 0.717) is 59.0 Å². The molecule has 3 aromatic carbocycles. The van der Waals surface area contributed by atoms with Gasteiger partial charge < -0.3 is 35.2 Å². The smallest absolute Gasteiger partial charge is 0.355 e. The Hall–Kier alpha value is -5.23. The Morgan fingerprint density at radius 3 is 2.52 bits per heavy atom. The molecule has 16 nitrogen and oxygen atoms in total. The highest BCUT2D eigenvalue weighted by molar-refractivity contribution is 7.71. The van der Waals surface area contributed by atoms with E-state index in [1.54, 1.807) is 12.3 Å². The number of aliphatic hydroxyl groups excluding tert-OH is 3. The molecule has 71 heavy (non-hydrogen) atoms. The Morgan fingerprint density at radius 2 is 1.75 bits per heavy atom. The zero-order valence-corrected chi connectivity index (χ0v) is 42.2. The summed E-state index contributed by atoms with van der Waals surface area (Å²) in [7, 11) is 0.184. The third-order valence-corrected chi connectivity index (χ3v) is 21.6. The van der Waals surface area contributed by atoms with Crippen LogP contribution in [0.4, 0.5) is 5.13 Å². The number of carboxylic acids is 2. The van der Waals surface area contributed by atoms with E-state index in [4.69, 9.17) is 24.4 Å². The van der Waals surface area contributed by atoms with Gasteiger partial charge in [-0.2, -0.15) is 5.10 Å². The van der Waals surface area contributed by atoms with Crippen LogP contribution in [0, 0.1) is 28.6 Å². The third-order valence-electron chi connectivity index (χ3n) is 16.3. The van der Waals surface area contributed by atoms with E-state index in [-0.39, 0.29) is 46.3 Å². The van der Waals surface area contributed by atoms with E-state index >= 15 is 0 Å². The summed E-state index contributed by atoms with van der Waals surface area (Å²) in [6.45, 7) is 9.18. The van der Waals surface area contributed by atoms with Crippen LogP contribution >= 0.6 is 18.8 Å². The number of ether oxygens (including phenoxy) is 1. The van der Waals surface area contributed by atoms with Gasteiger partial charge in [-0.1, -0.05) is 61.6 Å². The minimum Gasteiger partial charge on any atom is -0.479 e. The Balaban J connectivity index is 0.828. The summed E-state index contributed by atoms with van der Waals surface area (Å²) in [6, 6.07) is 22.6. The van der Waals surface area contributed by atoms with Crippen LogP contribution in [0.25, 0.3) is 43.4 Å². The number of thiazole rings is 1. The lowest BCUT2D eigenvalue weighted by Crippen LogP contribution is -2.63. The van der Waals surface area contributed by atoms with E-state index in [9.17, 15) is 34.8 Å². The van der Waals surface area contributed by atoms with Crippen molar-refractivity contribution in [1.29, 1.82) is 0 Å². The van der Waals surface area contributed by atoms with E-state index in [1.165, 1.54) is 24.2 Å². The van der Waals surface area contributed by atoms with Crippen molar-refractivity contribution in [1.82, 2.24) is 24.6 Å². The van der Waals surface area contributed by atoms with Gasteiger partial charge in [-0.25, -0.2) is 24.1 Å². The first kappa shape index (κ1) is 49.4. The van der Waals surface area contributed by atoms with Crippen molar-refractivity contribution in [2.45, 2.75) is 77.7 Å². The van der Waals surface area contributed by atoms with Crippen LogP contribution < -0.4 is 5.32 Å². The number of aromatic nitrogens is 4. The number of amides is 1. The number of carbonyl (C=O) groups excluding carboxylic acids is 1. The molecule has 2 aliphatic heterocycles. The maximum atomic E-state index is 13.7. The predicted molar refractivity (Wildman–Crippen MR) is 273 cm³/mol. The number of rotatable bonds is 21. The first-order chi connectivity index (χ1) is 33.9. The maximum absolute atomic E-state index is 13.7. The fourth-order valence-corrected chi connectivity index (χ4v) is 20.8. The molecule has 4 fully saturated rings. The lowest BCUT2D eigenvalue weighted by atomic mass is 9.39. The second kappa shape index (κ2) is 18.7. The molecule has 2 aliphatic carbocycles. The van der Waals surface area contributed by atoms with Crippen molar-refractivity contribution >= 4 is 62.8 Å². The minimum atomic E-state index is -1.82. The number of aromatic carboxylic acids is 1. The lowest BCUT2D eigenvalue weighted by Gasteiger charge is -2.63. The zero-order chi connectivity index (χ0) is 50.1. The average Bonchev–Trinajstić information content (AvgIpc) is 3.99. The summed E-state index contributed by atoms with van der Waals surface area (Å²) < 4.78 is 15.7. The Morgan fingerprint density at radius 1 is 0.930 bits per heavy atom. The number of fused-ring (bicyclic) bond motifs is 4. The summed E-state index contributed by atoms with van der Waals surface area (Å²) in [4.78, 5) is 49.9. The molecule has 6 aromatic rings. The van der Waals surface area contributed by atoms with Gasteiger partial charge in [0.1, 0.15) is 14.1 Å². The quantitative estimate of drug-likeness (QED) is 0.0300. The molecule has 1 spiro atoms. The average molecular weight is 1010 g/mol. The summed E-state index contributed by atoms with van der Waals surface area (Å²) in [5.41, 5.74) is 5.07. The molecule has 6 N–H and O–H groups in total. The van der Waals surface area contributed by atoms with Crippen molar-refractivity contribution in [3.8, 4) is 22.4 Å². The minimum absolute atomic E-state index is 0.0114. The highest BCUT2D eigenvalue weighted by Gasteiger charge is 2.89. The monoisotopic (exact) mass is 1010 g/mol. The molecular weight excluding hydrogens is 944 g/mol. The molecule has 2 saturated carbocycles. The van der Waals surface area contributed by atoms with Crippen molar-refractivity contribution in [3.05, 3.63) is 95.9 Å². The van der Waals surface area contributed by atoms with Gasteiger partial charge in [0.2, 0.25) is 0 Å². The summed E-state index contributed by atoms with van der Waals surface area (Å²) >= 11 is 1.41. The fraction of sp³-hybridized carbons (Fsp3) is 0.472. The van der Waals surface area contributed by atoms with Crippen LogP contribution in [0.3, 0.4) is 0 Å². The number of aliphatic carboxylic acids is 1.